The lowest BCUT2D eigenvalue weighted by molar-refractivity contribution is -0.122. The number of carbonyl (C=O) groups excluding carboxylic acids is 2. The molecule has 0 aliphatic carbocycles. The Kier molecular flexibility index (Phi) is 5.85. The summed E-state index contributed by atoms with van der Waals surface area (Å²) in [5, 5.41) is 2.62. The highest BCUT2D eigenvalue weighted by molar-refractivity contribution is 8.26. The van der Waals surface area contributed by atoms with Crippen LogP contribution in [0.25, 0.3) is 6.08 Å². The van der Waals surface area contributed by atoms with Gasteiger partial charge in [0.1, 0.15) is 15.9 Å². The third-order valence-electron chi connectivity index (χ3n) is 3.58. The molecule has 1 saturated heterocycles. The first-order valence-corrected chi connectivity index (χ1v) is 9.10. The number of amides is 2. The highest BCUT2D eigenvalue weighted by Crippen LogP contribution is 2.32. The van der Waals surface area contributed by atoms with Gasteiger partial charge in [-0.25, -0.2) is 4.39 Å². The minimum absolute atomic E-state index is 0.193. The third kappa shape index (κ3) is 4.59. The maximum absolute atomic E-state index is 13.1. The predicted molar refractivity (Wildman–Crippen MR) is 103 cm³/mol. The van der Waals surface area contributed by atoms with Crippen LogP contribution in [0.3, 0.4) is 0 Å². The van der Waals surface area contributed by atoms with Crippen molar-refractivity contribution >= 4 is 51.9 Å². The number of rotatable bonds is 6. The van der Waals surface area contributed by atoms with Crippen LogP contribution in [0.2, 0.25) is 0 Å². The SMILES string of the molecule is O=C(CCCN1C(=O)/C(=C/c2ccco2)SC1=S)Nc1cccc(F)c1. The minimum Gasteiger partial charge on any atom is -0.465 e. The van der Waals surface area contributed by atoms with Crippen LogP contribution in [0, 0.1) is 5.82 Å². The summed E-state index contributed by atoms with van der Waals surface area (Å²) in [5.74, 6) is -0.266. The summed E-state index contributed by atoms with van der Waals surface area (Å²) in [6, 6.07) is 9.19. The highest BCUT2D eigenvalue weighted by atomic mass is 32.2. The number of nitrogens with one attached hydrogen (secondary N) is 1. The number of furan rings is 1. The second kappa shape index (κ2) is 8.29. The zero-order valence-electron chi connectivity index (χ0n) is 13.6. The smallest absolute Gasteiger partial charge is 0.266 e. The monoisotopic (exact) mass is 390 g/mol. The molecule has 2 heterocycles. The highest BCUT2D eigenvalue weighted by Gasteiger charge is 2.31. The Morgan fingerprint density at radius 3 is 2.92 bits per heavy atom. The third-order valence-corrected chi connectivity index (χ3v) is 4.96. The molecule has 2 aromatic rings. The molecular formula is C18H15FN2O3S2. The van der Waals surface area contributed by atoms with Gasteiger partial charge in [0, 0.05) is 24.7 Å². The van der Waals surface area contributed by atoms with Gasteiger partial charge in [0.15, 0.2) is 0 Å². The first-order valence-electron chi connectivity index (χ1n) is 7.87. The lowest BCUT2D eigenvalue weighted by atomic mass is 10.2. The van der Waals surface area contributed by atoms with Crippen molar-refractivity contribution in [2.45, 2.75) is 12.8 Å². The zero-order chi connectivity index (χ0) is 18.5. The quantitative estimate of drug-likeness (QED) is 0.596. The van der Waals surface area contributed by atoms with Crippen LogP contribution in [-0.2, 0) is 9.59 Å². The standard InChI is InChI=1S/C18H15FN2O3S2/c19-12-4-1-5-13(10-12)20-16(22)7-2-8-21-17(23)15(26-18(21)25)11-14-6-3-9-24-14/h1,3-6,9-11H,2,7-8H2,(H,20,22)/b15-11-. The van der Waals surface area contributed by atoms with Gasteiger partial charge in [0.25, 0.3) is 5.91 Å². The van der Waals surface area contributed by atoms with E-state index in [0.717, 1.165) is 0 Å². The average molecular weight is 390 g/mol. The van der Waals surface area contributed by atoms with Gasteiger partial charge in [-0.1, -0.05) is 30.0 Å². The molecule has 1 aromatic carbocycles. The van der Waals surface area contributed by atoms with Crippen molar-refractivity contribution in [2.75, 3.05) is 11.9 Å². The number of thioether (sulfide) groups is 1. The van der Waals surface area contributed by atoms with Gasteiger partial charge >= 0.3 is 0 Å². The summed E-state index contributed by atoms with van der Waals surface area (Å²) in [6.45, 7) is 0.344. The Hall–Kier alpha value is -2.45. The van der Waals surface area contributed by atoms with Gasteiger partial charge in [-0.15, -0.1) is 0 Å². The summed E-state index contributed by atoms with van der Waals surface area (Å²) in [5.41, 5.74) is 0.405. The summed E-state index contributed by atoms with van der Waals surface area (Å²) >= 11 is 6.45. The Morgan fingerprint density at radius 2 is 2.19 bits per heavy atom. The van der Waals surface area contributed by atoms with E-state index in [0.29, 0.717) is 33.6 Å². The maximum atomic E-state index is 13.1. The van der Waals surface area contributed by atoms with E-state index < -0.39 is 5.82 Å². The number of halogens is 1. The van der Waals surface area contributed by atoms with Gasteiger partial charge in [0.2, 0.25) is 5.91 Å². The van der Waals surface area contributed by atoms with Crippen molar-refractivity contribution in [3.8, 4) is 0 Å². The average Bonchev–Trinajstić information content (AvgIpc) is 3.19. The molecule has 2 amide bonds. The van der Waals surface area contributed by atoms with Gasteiger partial charge in [0.05, 0.1) is 11.2 Å². The zero-order valence-corrected chi connectivity index (χ0v) is 15.2. The number of hydrogen-bond donors (Lipinski definition) is 1. The minimum atomic E-state index is -0.413. The van der Waals surface area contributed by atoms with Crippen LogP contribution < -0.4 is 5.32 Å². The summed E-state index contributed by atoms with van der Waals surface area (Å²) in [7, 11) is 0. The van der Waals surface area contributed by atoms with E-state index in [1.807, 2.05) is 0 Å². The Balaban J connectivity index is 1.51. The van der Waals surface area contributed by atoms with Gasteiger partial charge in [-0.3, -0.25) is 14.5 Å². The first kappa shape index (κ1) is 18.3. The number of thiocarbonyl (C=S) groups is 1. The van der Waals surface area contributed by atoms with E-state index >= 15 is 0 Å². The normalized spacial score (nSPS) is 15.7. The number of anilines is 1. The molecular weight excluding hydrogens is 375 g/mol. The van der Waals surface area contributed by atoms with E-state index in [9.17, 15) is 14.0 Å². The number of nitrogens with zero attached hydrogens (tertiary/aromatic N) is 1. The van der Waals surface area contributed by atoms with Crippen molar-refractivity contribution in [1.29, 1.82) is 0 Å². The van der Waals surface area contributed by atoms with Gasteiger partial charge < -0.3 is 9.73 Å². The van der Waals surface area contributed by atoms with E-state index in [1.165, 1.54) is 41.1 Å². The topological polar surface area (TPSA) is 62.6 Å². The van der Waals surface area contributed by atoms with Gasteiger partial charge in [-0.2, -0.15) is 0 Å². The molecule has 0 atom stereocenters. The number of carbonyl (C=O) groups is 2. The fourth-order valence-corrected chi connectivity index (χ4v) is 3.67. The van der Waals surface area contributed by atoms with E-state index in [4.69, 9.17) is 16.6 Å². The van der Waals surface area contributed by atoms with Crippen LogP contribution in [0.4, 0.5) is 10.1 Å². The maximum Gasteiger partial charge on any atom is 0.266 e. The van der Waals surface area contributed by atoms with Crippen LogP contribution >= 0.6 is 24.0 Å². The van der Waals surface area contributed by atoms with Crippen molar-refractivity contribution in [3.63, 3.8) is 0 Å². The van der Waals surface area contributed by atoms with Crippen LogP contribution in [0.5, 0.6) is 0 Å². The molecule has 1 fully saturated rings. The van der Waals surface area contributed by atoms with Crippen molar-refractivity contribution < 1.29 is 18.4 Å². The molecule has 0 spiro atoms. The molecule has 1 N–H and O–H groups in total. The second-order valence-electron chi connectivity index (χ2n) is 5.51. The van der Waals surface area contributed by atoms with E-state index in [2.05, 4.69) is 5.32 Å². The molecule has 8 heteroatoms. The molecule has 1 aliphatic rings. The van der Waals surface area contributed by atoms with Crippen molar-refractivity contribution in [1.82, 2.24) is 4.90 Å². The molecule has 26 heavy (non-hydrogen) atoms. The first-order chi connectivity index (χ1) is 12.5. The molecule has 1 aliphatic heterocycles. The molecule has 0 saturated carbocycles. The number of hydrogen-bond acceptors (Lipinski definition) is 5. The lowest BCUT2D eigenvalue weighted by Gasteiger charge is -2.14. The van der Waals surface area contributed by atoms with E-state index in [1.54, 1.807) is 24.3 Å². The summed E-state index contributed by atoms with van der Waals surface area (Å²) < 4.78 is 18.8. The molecule has 1 aromatic heterocycles. The Labute approximate surface area is 159 Å². The molecule has 5 nitrogen and oxygen atoms in total. The second-order valence-corrected chi connectivity index (χ2v) is 7.19. The van der Waals surface area contributed by atoms with E-state index in [-0.39, 0.29) is 18.2 Å². The van der Waals surface area contributed by atoms with Crippen molar-refractivity contribution in [3.05, 3.63) is 59.1 Å². The van der Waals surface area contributed by atoms with Crippen LogP contribution in [0.1, 0.15) is 18.6 Å². The Bertz CT molecular complexity index is 865. The number of benzene rings is 1. The summed E-state index contributed by atoms with van der Waals surface area (Å²) in [6.07, 6.45) is 3.83. The van der Waals surface area contributed by atoms with Crippen LogP contribution in [0.15, 0.2) is 52.0 Å². The van der Waals surface area contributed by atoms with Crippen molar-refractivity contribution in [2.24, 2.45) is 0 Å². The predicted octanol–water partition coefficient (Wildman–Crippen LogP) is 4.04. The fraction of sp³-hybridized carbons (Fsp3) is 0.167. The molecule has 3 rings (SSSR count). The fourth-order valence-electron chi connectivity index (χ4n) is 2.38. The largest absolute Gasteiger partial charge is 0.465 e. The Morgan fingerprint density at radius 1 is 1.35 bits per heavy atom. The lowest BCUT2D eigenvalue weighted by Crippen LogP contribution is -2.29. The van der Waals surface area contributed by atoms with Crippen LogP contribution in [-0.4, -0.2) is 27.6 Å². The molecule has 134 valence electrons. The summed E-state index contributed by atoms with van der Waals surface area (Å²) in [4.78, 5) is 26.3. The molecule has 0 bridgehead atoms. The van der Waals surface area contributed by atoms with Gasteiger partial charge in [-0.05, 0) is 36.8 Å². The molecule has 0 radical (unpaired) electrons. The molecule has 0 unspecified atom stereocenters.